The van der Waals surface area contributed by atoms with Crippen molar-refractivity contribution in [1.29, 1.82) is 0 Å². The van der Waals surface area contributed by atoms with E-state index in [1.807, 2.05) is 34.7 Å². The maximum atomic E-state index is 12.3. The van der Waals surface area contributed by atoms with E-state index in [0.717, 1.165) is 12.8 Å². The second kappa shape index (κ2) is 6.23. The zero-order valence-corrected chi connectivity index (χ0v) is 13.5. The van der Waals surface area contributed by atoms with Gasteiger partial charge in [0.25, 0.3) is 0 Å². The Hall–Kier alpha value is -0.930. The van der Waals surface area contributed by atoms with Crippen molar-refractivity contribution in [2.24, 2.45) is 0 Å². The topological polar surface area (TPSA) is 83.5 Å². The van der Waals surface area contributed by atoms with Gasteiger partial charge in [0.15, 0.2) is 0 Å². The predicted molar refractivity (Wildman–Crippen MR) is 83.2 cm³/mol. The second-order valence-corrected chi connectivity index (χ2v) is 7.43. The van der Waals surface area contributed by atoms with E-state index >= 15 is 0 Å². The highest BCUT2D eigenvalue weighted by Gasteiger charge is 2.22. The third kappa shape index (κ3) is 3.58. The lowest BCUT2D eigenvalue weighted by Gasteiger charge is -2.19. The average Bonchev–Trinajstić information content (AvgIpc) is 2.39. The molecular weight excluding hydrogens is 393 g/mol. The fourth-order valence-corrected chi connectivity index (χ4v) is 3.90. The molecule has 0 aliphatic heterocycles. The van der Waals surface area contributed by atoms with Gasteiger partial charge in [0.05, 0.1) is 10.5 Å². The van der Waals surface area contributed by atoms with Gasteiger partial charge in [0, 0.05) is 9.61 Å². The van der Waals surface area contributed by atoms with E-state index in [-0.39, 0.29) is 16.5 Å². The maximum Gasteiger partial charge on any atom is 0.336 e. The Balaban J connectivity index is 2.27. The zero-order chi connectivity index (χ0) is 14.8. The highest BCUT2D eigenvalue weighted by atomic mass is 127. The molecule has 1 aliphatic rings. The molecule has 20 heavy (non-hydrogen) atoms. The third-order valence-corrected chi connectivity index (χ3v) is 5.53. The van der Waals surface area contributed by atoms with E-state index in [1.54, 1.807) is 0 Å². The van der Waals surface area contributed by atoms with Crippen LogP contribution < -0.4 is 4.72 Å². The Morgan fingerprint density at radius 2 is 2.10 bits per heavy atom. The summed E-state index contributed by atoms with van der Waals surface area (Å²) in [5, 5.41) is 9.05. The number of benzene rings is 1. The van der Waals surface area contributed by atoms with E-state index in [0.29, 0.717) is 9.99 Å². The summed E-state index contributed by atoms with van der Waals surface area (Å²) in [4.78, 5) is 11.1. The van der Waals surface area contributed by atoms with Crippen molar-refractivity contribution in [1.82, 2.24) is 4.72 Å². The van der Waals surface area contributed by atoms with Gasteiger partial charge in [0.2, 0.25) is 10.0 Å². The first-order valence-electron chi connectivity index (χ1n) is 6.10. The number of allylic oxidation sites excluding steroid dienone is 1. The molecule has 1 atom stereocenters. The van der Waals surface area contributed by atoms with Gasteiger partial charge in [-0.15, -0.1) is 0 Å². The molecule has 2 N–H and O–H groups in total. The average molecular weight is 407 g/mol. The van der Waals surface area contributed by atoms with Crippen LogP contribution in [0.4, 0.5) is 0 Å². The van der Waals surface area contributed by atoms with Crippen molar-refractivity contribution in [3.8, 4) is 0 Å². The Morgan fingerprint density at radius 1 is 1.35 bits per heavy atom. The molecule has 1 aliphatic carbocycles. The number of aromatic carboxylic acids is 1. The van der Waals surface area contributed by atoms with Gasteiger partial charge in [-0.25, -0.2) is 17.9 Å². The standard InChI is InChI=1S/C13H14INO4S/c14-12-7-6-10(8-11(12)13(16)17)20(18,19)15-9-4-2-1-3-5-9/h1-2,6-9,15H,3-5H2,(H,16,17). The van der Waals surface area contributed by atoms with Crippen LogP contribution in [0, 0.1) is 3.57 Å². The van der Waals surface area contributed by atoms with Crippen LogP contribution in [0.3, 0.4) is 0 Å². The van der Waals surface area contributed by atoms with E-state index in [9.17, 15) is 13.2 Å². The first-order chi connectivity index (χ1) is 9.40. The molecule has 0 spiro atoms. The fraction of sp³-hybridized carbons (Fsp3) is 0.308. The fourth-order valence-electron chi connectivity index (χ4n) is 2.02. The zero-order valence-electron chi connectivity index (χ0n) is 10.5. The third-order valence-electron chi connectivity index (χ3n) is 3.07. The van der Waals surface area contributed by atoms with Gasteiger partial charge in [-0.1, -0.05) is 12.2 Å². The Kier molecular flexibility index (Phi) is 4.82. The molecule has 0 heterocycles. The maximum absolute atomic E-state index is 12.3. The Bertz CT molecular complexity index is 654. The highest BCUT2D eigenvalue weighted by molar-refractivity contribution is 14.1. The van der Waals surface area contributed by atoms with Gasteiger partial charge < -0.3 is 5.11 Å². The number of hydrogen-bond donors (Lipinski definition) is 2. The molecule has 0 bridgehead atoms. The van der Waals surface area contributed by atoms with Gasteiger partial charge in [-0.2, -0.15) is 0 Å². The quantitative estimate of drug-likeness (QED) is 0.593. The van der Waals surface area contributed by atoms with Crippen LogP contribution in [0.5, 0.6) is 0 Å². The lowest BCUT2D eigenvalue weighted by molar-refractivity contribution is 0.0695. The van der Waals surface area contributed by atoms with Crippen molar-refractivity contribution >= 4 is 38.6 Å². The van der Waals surface area contributed by atoms with Crippen molar-refractivity contribution in [3.05, 3.63) is 39.5 Å². The van der Waals surface area contributed by atoms with Gasteiger partial charge in [-0.05, 0) is 60.1 Å². The molecule has 2 rings (SSSR count). The number of carboxylic acids is 1. The molecule has 0 radical (unpaired) electrons. The van der Waals surface area contributed by atoms with Crippen LogP contribution in [0.1, 0.15) is 29.6 Å². The number of carbonyl (C=O) groups is 1. The van der Waals surface area contributed by atoms with Crippen LogP contribution in [0.15, 0.2) is 35.2 Å². The summed E-state index contributed by atoms with van der Waals surface area (Å²) in [5.74, 6) is -1.13. The highest BCUT2D eigenvalue weighted by Crippen LogP contribution is 2.20. The van der Waals surface area contributed by atoms with Crippen LogP contribution >= 0.6 is 22.6 Å². The van der Waals surface area contributed by atoms with E-state index in [2.05, 4.69) is 4.72 Å². The molecule has 1 aromatic rings. The molecule has 0 amide bonds. The minimum absolute atomic E-state index is 0.00276. The summed E-state index contributed by atoms with van der Waals surface area (Å²) in [5.41, 5.74) is -0.00276. The summed E-state index contributed by atoms with van der Waals surface area (Å²) in [6.07, 6.45) is 6.24. The smallest absolute Gasteiger partial charge is 0.336 e. The van der Waals surface area contributed by atoms with E-state index in [4.69, 9.17) is 5.11 Å². The monoisotopic (exact) mass is 407 g/mol. The number of nitrogens with one attached hydrogen (secondary N) is 1. The van der Waals surface area contributed by atoms with Gasteiger partial charge in [0.1, 0.15) is 0 Å². The molecule has 0 fully saturated rings. The minimum Gasteiger partial charge on any atom is -0.478 e. The van der Waals surface area contributed by atoms with Crippen molar-refractivity contribution < 1.29 is 18.3 Å². The SMILES string of the molecule is O=C(O)c1cc(S(=O)(=O)NC2CC=CCC2)ccc1I. The van der Waals surface area contributed by atoms with E-state index < -0.39 is 16.0 Å². The largest absolute Gasteiger partial charge is 0.478 e. The molecule has 1 aromatic carbocycles. The summed E-state index contributed by atoms with van der Waals surface area (Å²) < 4.78 is 27.6. The Morgan fingerprint density at radius 3 is 2.70 bits per heavy atom. The lowest BCUT2D eigenvalue weighted by atomic mass is 10.0. The van der Waals surface area contributed by atoms with Crippen molar-refractivity contribution in [2.45, 2.75) is 30.2 Å². The molecule has 1 unspecified atom stereocenters. The molecule has 7 heteroatoms. The van der Waals surface area contributed by atoms with Crippen LogP contribution in [0.25, 0.3) is 0 Å². The first-order valence-corrected chi connectivity index (χ1v) is 8.66. The predicted octanol–water partition coefficient (Wildman–Crippen LogP) is 2.38. The normalized spacial score (nSPS) is 18.9. The summed E-state index contributed by atoms with van der Waals surface area (Å²) in [6.45, 7) is 0. The first kappa shape index (κ1) is 15.5. The van der Waals surface area contributed by atoms with Crippen LogP contribution in [0.2, 0.25) is 0 Å². The number of halogens is 1. The number of rotatable bonds is 4. The van der Waals surface area contributed by atoms with Gasteiger partial charge >= 0.3 is 5.97 Å². The summed E-state index contributed by atoms with van der Waals surface area (Å²) >= 11 is 1.87. The molecule has 5 nitrogen and oxygen atoms in total. The van der Waals surface area contributed by atoms with Crippen molar-refractivity contribution in [2.75, 3.05) is 0 Å². The summed E-state index contributed by atoms with van der Waals surface area (Å²) in [6, 6.07) is 4.00. The van der Waals surface area contributed by atoms with Gasteiger partial charge in [-0.3, -0.25) is 0 Å². The number of sulfonamides is 1. The lowest BCUT2D eigenvalue weighted by Crippen LogP contribution is -2.35. The van der Waals surface area contributed by atoms with Crippen LogP contribution in [-0.2, 0) is 10.0 Å². The number of hydrogen-bond acceptors (Lipinski definition) is 3. The minimum atomic E-state index is -3.68. The summed E-state index contributed by atoms with van der Waals surface area (Å²) in [7, 11) is -3.68. The molecule has 0 saturated heterocycles. The van der Waals surface area contributed by atoms with Crippen molar-refractivity contribution in [3.63, 3.8) is 0 Å². The van der Waals surface area contributed by atoms with Crippen LogP contribution in [-0.4, -0.2) is 25.5 Å². The van der Waals surface area contributed by atoms with E-state index in [1.165, 1.54) is 18.2 Å². The number of carboxylic acid groups (broad SMARTS) is 1. The Labute approximate surface area is 131 Å². The second-order valence-electron chi connectivity index (χ2n) is 4.55. The molecule has 108 valence electrons. The molecule has 0 aromatic heterocycles. The molecule has 0 saturated carbocycles. The molecular formula is C13H14INO4S.